The topological polar surface area (TPSA) is 35.2 Å². The molecule has 0 spiro atoms. The second-order valence-electron chi connectivity index (χ2n) is 2.78. The summed E-state index contributed by atoms with van der Waals surface area (Å²) in [5, 5.41) is 0. The molecular weight excluding hydrogens is 159 g/mol. The zero-order chi connectivity index (χ0) is 8.54. The van der Waals surface area contributed by atoms with Crippen molar-refractivity contribution in [2.24, 2.45) is 11.1 Å². The van der Waals surface area contributed by atoms with Crippen LogP contribution in [0.5, 0.6) is 0 Å². The van der Waals surface area contributed by atoms with Gasteiger partial charge in [0.05, 0.1) is 6.61 Å². The Morgan fingerprint density at radius 3 is 2.27 bits per heavy atom. The molecule has 1 heterocycles. The van der Waals surface area contributed by atoms with Gasteiger partial charge in [-0.1, -0.05) is 0 Å². The predicted molar refractivity (Wildman–Crippen MR) is 33.0 cm³/mol. The highest BCUT2D eigenvalue weighted by atomic mass is 19.4. The van der Waals surface area contributed by atoms with Crippen molar-refractivity contribution in [1.82, 2.24) is 0 Å². The smallest absolute Gasteiger partial charge is 0.380 e. The molecule has 2 nitrogen and oxygen atoms in total. The van der Waals surface area contributed by atoms with E-state index in [2.05, 4.69) is 4.74 Å². The number of nitrogens with two attached hydrogens (primary N) is 1. The molecule has 0 amide bonds. The van der Waals surface area contributed by atoms with E-state index < -0.39 is 11.6 Å². The molecule has 5 heteroatoms. The molecule has 66 valence electrons. The van der Waals surface area contributed by atoms with E-state index in [0.717, 1.165) is 0 Å². The Hall–Kier alpha value is -0.290. The van der Waals surface area contributed by atoms with Gasteiger partial charge in [-0.3, -0.25) is 0 Å². The average molecular weight is 169 g/mol. The van der Waals surface area contributed by atoms with Crippen molar-refractivity contribution in [3.8, 4) is 0 Å². The van der Waals surface area contributed by atoms with Gasteiger partial charge in [0.25, 0.3) is 0 Å². The number of alkyl halides is 3. The summed E-state index contributed by atoms with van der Waals surface area (Å²) >= 11 is 0. The quantitative estimate of drug-likeness (QED) is 0.633. The molecule has 1 atom stereocenters. The van der Waals surface area contributed by atoms with Gasteiger partial charge in [0.1, 0.15) is 5.41 Å². The maximum absolute atomic E-state index is 12.3. The zero-order valence-corrected chi connectivity index (χ0v) is 5.95. The van der Waals surface area contributed by atoms with Gasteiger partial charge in [0, 0.05) is 13.2 Å². The normalized spacial score (nSPS) is 32.7. The molecule has 11 heavy (non-hydrogen) atoms. The summed E-state index contributed by atoms with van der Waals surface area (Å²) in [6.07, 6.45) is -4.23. The predicted octanol–water partition coefficient (Wildman–Crippen LogP) is 0.914. The first-order valence-electron chi connectivity index (χ1n) is 3.36. The van der Waals surface area contributed by atoms with E-state index in [4.69, 9.17) is 5.73 Å². The van der Waals surface area contributed by atoms with Crippen molar-refractivity contribution in [3.05, 3.63) is 0 Å². The second-order valence-corrected chi connectivity index (χ2v) is 2.78. The number of rotatable bonds is 1. The lowest BCUT2D eigenvalue weighted by Gasteiger charge is -2.27. The molecule has 1 fully saturated rings. The molecule has 1 aliphatic rings. The van der Waals surface area contributed by atoms with Crippen molar-refractivity contribution in [2.75, 3.05) is 19.8 Å². The molecule has 0 bridgehead atoms. The van der Waals surface area contributed by atoms with Crippen LogP contribution in [0.15, 0.2) is 0 Å². The summed E-state index contributed by atoms with van der Waals surface area (Å²) in [6, 6.07) is 0. The Labute approximate surface area is 62.5 Å². The minimum absolute atomic E-state index is 0.00694. The summed E-state index contributed by atoms with van der Waals surface area (Å²) < 4.78 is 41.4. The van der Waals surface area contributed by atoms with Gasteiger partial charge < -0.3 is 10.5 Å². The molecule has 1 saturated heterocycles. The molecule has 0 saturated carbocycles. The largest absolute Gasteiger partial charge is 0.398 e. The van der Waals surface area contributed by atoms with Crippen LogP contribution in [0.3, 0.4) is 0 Å². The van der Waals surface area contributed by atoms with Crippen LogP contribution in [0.1, 0.15) is 6.42 Å². The van der Waals surface area contributed by atoms with Crippen LogP contribution in [0.2, 0.25) is 0 Å². The van der Waals surface area contributed by atoms with E-state index in [1.807, 2.05) is 0 Å². The van der Waals surface area contributed by atoms with Crippen LogP contribution in [-0.4, -0.2) is 25.9 Å². The minimum Gasteiger partial charge on any atom is -0.380 e. The van der Waals surface area contributed by atoms with Gasteiger partial charge >= 0.3 is 6.18 Å². The van der Waals surface area contributed by atoms with Crippen molar-refractivity contribution in [3.63, 3.8) is 0 Å². The molecule has 2 N–H and O–H groups in total. The number of hydrogen-bond donors (Lipinski definition) is 1. The van der Waals surface area contributed by atoms with Crippen LogP contribution < -0.4 is 5.73 Å². The van der Waals surface area contributed by atoms with Crippen molar-refractivity contribution >= 4 is 0 Å². The average Bonchev–Trinajstić information content (AvgIpc) is 2.33. The van der Waals surface area contributed by atoms with E-state index in [-0.39, 0.29) is 26.2 Å². The fourth-order valence-corrected chi connectivity index (χ4v) is 1.11. The molecule has 0 radical (unpaired) electrons. The summed E-state index contributed by atoms with van der Waals surface area (Å²) in [6.45, 7) is -0.500. The standard InChI is InChI=1S/C6H10F3NO/c7-6(8,9)5(3-10)1-2-11-4-5/h1-4,10H2. The molecule has 0 aromatic carbocycles. The summed E-state index contributed by atoms with van der Waals surface area (Å²) in [5.41, 5.74) is 3.28. The van der Waals surface area contributed by atoms with Crippen LogP contribution in [0.25, 0.3) is 0 Å². The van der Waals surface area contributed by atoms with Gasteiger partial charge in [-0.25, -0.2) is 0 Å². The third-order valence-electron chi connectivity index (χ3n) is 2.10. The summed E-state index contributed by atoms with van der Waals surface area (Å²) in [4.78, 5) is 0. The number of ether oxygens (including phenoxy) is 1. The van der Waals surface area contributed by atoms with E-state index in [0.29, 0.717) is 0 Å². The van der Waals surface area contributed by atoms with Crippen molar-refractivity contribution in [2.45, 2.75) is 12.6 Å². The lowest BCUT2D eigenvalue weighted by atomic mass is 9.87. The number of halogens is 3. The first-order valence-corrected chi connectivity index (χ1v) is 3.36. The summed E-state index contributed by atoms with van der Waals surface area (Å²) in [5.74, 6) is 0. The molecule has 1 unspecified atom stereocenters. The van der Waals surface area contributed by atoms with E-state index in [1.54, 1.807) is 0 Å². The first kappa shape index (κ1) is 8.80. The zero-order valence-electron chi connectivity index (χ0n) is 5.95. The Morgan fingerprint density at radius 1 is 1.45 bits per heavy atom. The number of hydrogen-bond acceptors (Lipinski definition) is 2. The maximum Gasteiger partial charge on any atom is 0.398 e. The lowest BCUT2D eigenvalue weighted by Crippen LogP contribution is -2.44. The monoisotopic (exact) mass is 169 g/mol. The van der Waals surface area contributed by atoms with Gasteiger partial charge in [0.2, 0.25) is 0 Å². The fraction of sp³-hybridized carbons (Fsp3) is 1.00. The van der Waals surface area contributed by atoms with Crippen LogP contribution >= 0.6 is 0 Å². The van der Waals surface area contributed by atoms with Gasteiger partial charge in [-0.15, -0.1) is 0 Å². The van der Waals surface area contributed by atoms with Crippen LogP contribution in [-0.2, 0) is 4.74 Å². The van der Waals surface area contributed by atoms with Crippen molar-refractivity contribution in [1.29, 1.82) is 0 Å². The third-order valence-corrected chi connectivity index (χ3v) is 2.10. The molecular formula is C6H10F3NO. The first-order chi connectivity index (χ1) is 5.02. The van der Waals surface area contributed by atoms with Gasteiger partial charge in [-0.2, -0.15) is 13.2 Å². The molecule has 0 aromatic rings. The van der Waals surface area contributed by atoms with Gasteiger partial charge in [0.15, 0.2) is 0 Å². The Kier molecular flexibility index (Phi) is 2.11. The molecule has 0 aromatic heterocycles. The van der Waals surface area contributed by atoms with Crippen LogP contribution in [0, 0.1) is 5.41 Å². The van der Waals surface area contributed by atoms with Crippen molar-refractivity contribution < 1.29 is 17.9 Å². The highest BCUT2D eigenvalue weighted by molar-refractivity contribution is 4.90. The molecule has 1 rings (SSSR count). The Bertz CT molecular complexity index is 139. The third kappa shape index (κ3) is 1.35. The molecule has 0 aliphatic carbocycles. The minimum atomic E-state index is -4.22. The Balaban J connectivity index is 2.75. The summed E-state index contributed by atoms with van der Waals surface area (Å²) in [7, 11) is 0. The van der Waals surface area contributed by atoms with E-state index in [1.165, 1.54) is 0 Å². The van der Waals surface area contributed by atoms with E-state index >= 15 is 0 Å². The SMILES string of the molecule is NCC1(C(F)(F)F)CCOC1. The lowest BCUT2D eigenvalue weighted by molar-refractivity contribution is -0.219. The Morgan fingerprint density at radius 2 is 2.09 bits per heavy atom. The molecule has 1 aliphatic heterocycles. The highest BCUT2D eigenvalue weighted by Gasteiger charge is 2.55. The van der Waals surface area contributed by atoms with E-state index in [9.17, 15) is 13.2 Å². The highest BCUT2D eigenvalue weighted by Crippen LogP contribution is 2.43. The maximum atomic E-state index is 12.3. The second kappa shape index (κ2) is 2.64. The fourth-order valence-electron chi connectivity index (χ4n) is 1.11. The van der Waals surface area contributed by atoms with Crippen LogP contribution in [0.4, 0.5) is 13.2 Å². The van der Waals surface area contributed by atoms with Gasteiger partial charge in [-0.05, 0) is 6.42 Å².